The first-order chi connectivity index (χ1) is 9.46. The quantitative estimate of drug-likeness (QED) is 0.775. The van der Waals surface area contributed by atoms with Gasteiger partial charge in [-0.3, -0.25) is 4.79 Å². The summed E-state index contributed by atoms with van der Waals surface area (Å²) in [6.07, 6.45) is 6.67. The Morgan fingerprint density at radius 1 is 1.15 bits per heavy atom. The maximum atomic E-state index is 13.3. The third-order valence-corrected chi connectivity index (χ3v) is 5.79. The summed E-state index contributed by atoms with van der Waals surface area (Å²) in [5.41, 5.74) is 1.33. The molecule has 110 valence electrons. The third kappa shape index (κ3) is 1.35. The number of hydrogen-bond donors (Lipinski definition) is 0. The second-order valence-electron chi connectivity index (χ2n) is 6.51. The van der Waals surface area contributed by atoms with E-state index in [1.54, 1.807) is 0 Å². The lowest BCUT2D eigenvalue weighted by Crippen LogP contribution is -2.61. The van der Waals surface area contributed by atoms with Crippen LogP contribution < -0.4 is 0 Å². The Morgan fingerprint density at radius 2 is 1.80 bits per heavy atom. The SMILES string of the molecule is CCC1(C)C(=O)C(C)(CC)C2(OCCO2)C2=C1CC=C2. The van der Waals surface area contributed by atoms with E-state index in [2.05, 4.69) is 32.9 Å². The molecule has 0 radical (unpaired) electrons. The highest BCUT2D eigenvalue weighted by atomic mass is 16.7. The van der Waals surface area contributed by atoms with Crippen LogP contribution in [-0.4, -0.2) is 24.8 Å². The van der Waals surface area contributed by atoms with Gasteiger partial charge in [0, 0.05) is 11.0 Å². The molecule has 0 aromatic rings. The van der Waals surface area contributed by atoms with Crippen LogP contribution in [0.3, 0.4) is 0 Å². The summed E-state index contributed by atoms with van der Waals surface area (Å²) in [4.78, 5) is 13.3. The molecule has 0 bridgehead atoms. The summed E-state index contributed by atoms with van der Waals surface area (Å²) in [6, 6.07) is 0. The molecule has 0 aromatic heterocycles. The number of hydrogen-bond acceptors (Lipinski definition) is 3. The van der Waals surface area contributed by atoms with E-state index < -0.39 is 11.2 Å². The summed E-state index contributed by atoms with van der Waals surface area (Å²) >= 11 is 0. The van der Waals surface area contributed by atoms with E-state index in [-0.39, 0.29) is 11.2 Å². The van der Waals surface area contributed by atoms with Crippen molar-refractivity contribution in [2.24, 2.45) is 10.8 Å². The lowest BCUT2D eigenvalue weighted by Gasteiger charge is -2.52. The minimum absolute atomic E-state index is 0.277. The lowest BCUT2D eigenvalue weighted by molar-refractivity contribution is -0.214. The topological polar surface area (TPSA) is 35.5 Å². The summed E-state index contributed by atoms with van der Waals surface area (Å²) in [5.74, 6) is -0.574. The van der Waals surface area contributed by atoms with Gasteiger partial charge in [-0.15, -0.1) is 0 Å². The predicted molar refractivity (Wildman–Crippen MR) is 77.2 cm³/mol. The minimum Gasteiger partial charge on any atom is -0.343 e. The fourth-order valence-corrected chi connectivity index (χ4v) is 4.18. The highest BCUT2D eigenvalue weighted by Crippen LogP contribution is 2.60. The first-order valence-corrected chi connectivity index (χ1v) is 7.69. The number of ketones is 1. The van der Waals surface area contributed by atoms with Crippen molar-refractivity contribution in [2.45, 2.75) is 52.7 Å². The van der Waals surface area contributed by atoms with E-state index in [0.717, 1.165) is 24.8 Å². The van der Waals surface area contributed by atoms with Gasteiger partial charge >= 0.3 is 0 Å². The van der Waals surface area contributed by atoms with E-state index in [1.807, 2.05) is 6.92 Å². The van der Waals surface area contributed by atoms with Gasteiger partial charge in [0.1, 0.15) is 0 Å². The standard InChI is InChI=1S/C17H24O3/c1-5-15(3)12-8-7-9-13(12)17(19-10-11-20-17)16(4,6-2)14(15)18/h7,9H,5-6,8,10-11H2,1-4H3. The zero-order chi connectivity index (χ0) is 14.6. The third-order valence-electron chi connectivity index (χ3n) is 5.79. The average molecular weight is 276 g/mol. The summed E-state index contributed by atoms with van der Waals surface area (Å²) in [5, 5.41) is 0. The Labute approximate surface area is 121 Å². The number of rotatable bonds is 2. The van der Waals surface area contributed by atoms with Crippen molar-refractivity contribution >= 4 is 5.78 Å². The van der Waals surface area contributed by atoms with Gasteiger partial charge in [-0.1, -0.05) is 26.0 Å². The van der Waals surface area contributed by atoms with Crippen molar-refractivity contribution in [1.82, 2.24) is 0 Å². The fraction of sp³-hybridized carbons (Fsp3) is 0.706. The molecule has 0 saturated carbocycles. The number of carbonyl (C=O) groups is 1. The van der Waals surface area contributed by atoms with Gasteiger partial charge in [0.2, 0.25) is 5.79 Å². The molecule has 1 fully saturated rings. The lowest BCUT2D eigenvalue weighted by atomic mass is 9.55. The van der Waals surface area contributed by atoms with E-state index in [4.69, 9.17) is 9.47 Å². The number of fused-ring (bicyclic) bond motifs is 1. The number of ether oxygens (including phenoxy) is 2. The minimum atomic E-state index is -0.851. The van der Waals surface area contributed by atoms with Crippen LogP contribution in [0.15, 0.2) is 23.3 Å². The average Bonchev–Trinajstić information content (AvgIpc) is 3.12. The van der Waals surface area contributed by atoms with Crippen molar-refractivity contribution in [3.63, 3.8) is 0 Å². The molecular weight excluding hydrogens is 252 g/mol. The summed E-state index contributed by atoms with van der Waals surface area (Å²) in [6.45, 7) is 9.40. The molecular formula is C17H24O3. The number of carbonyl (C=O) groups excluding carboxylic acids is 1. The molecule has 2 aliphatic carbocycles. The number of Topliss-reactive ketones (excluding diaryl/α,β-unsaturated/α-hetero) is 1. The maximum Gasteiger partial charge on any atom is 0.207 e. The number of allylic oxidation sites excluding steroid dienone is 2. The van der Waals surface area contributed by atoms with Crippen LogP contribution in [-0.2, 0) is 14.3 Å². The van der Waals surface area contributed by atoms with E-state index in [1.165, 1.54) is 5.57 Å². The van der Waals surface area contributed by atoms with Gasteiger partial charge in [-0.2, -0.15) is 0 Å². The van der Waals surface area contributed by atoms with Crippen molar-refractivity contribution in [3.05, 3.63) is 23.3 Å². The molecule has 0 amide bonds. The van der Waals surface area contributed by atoms with Crippen molar-refractivity contribution in [2.75, 3.05) is 13.2 Å². The summed E-state index contributed by atoms with van der Waals surface area (Å²) in [7, 11) is 0. The molecule has 1 aliphatic heterocycles. The molecule has 0 aromatic carbocycles. The Hall–Kier alpha value is -0.930. The van der Waals surface area contributed by atoms with Gasteiger partial charge in [-0.25, -0.2) is 0 Å². The molecule has 20 heavy (non-hydrogen) atoms. The van der Waals surface area contributed by atoms with Gasteiger partial charge in [0.25, 0.3) is 0 Å². The van der Waals surface area contributed by atoms with Crippen molar-refractivity contribution < 1.29 is 14.3 Å². The molecule has 1 saturated heterocycles. The monoisotopic (exact) mass is 276 g/mol. The van der Waals surface area contributed by atoms with Crippen molar-refractivity contribution in [3.8, 4) is 0 Å². The Morgan fingerprint density at radius 3 is 2.35 bits per heavy atom. The van der Waals surface area contributed by atoms with E-state index in [0.29, 0.717) is 13.2 Å². The second-order valence-corrected chi connectivity index (χ2v) is 6.51. The highest BCUT2D eigenvalue weighted by Gasteiger charge is 2.66. The maximum absolute atomic E-state index is 13.3. The molecule has 2 atom stereocenters. The highest BCUT2D eigenvalue weighted by molar-refractivity contribution is 5.96. The molecule has 3 rings (SSSR count). The largest absolute Gasteiger partial charge is 0.343 e. The van der Waals surface area contributed by atoms with Crippen molar-refractivity contribution in [1.29, 1.82) is 0 Å². The van der Waals surface area contributed by atoms with E-state index >= 15 is 0 Å². The van der Waals surface area contributed by atoms with Crippen LogP contribution in [0.25, 0.3) is 0 Å². The van der Waals surface area contributed by atoms with Gasteiger partial charge in [0.05, 0.1) is 18.6 Å². The normalized spacial score (nSPS) is 38.9. The molecule has 3 heteroatoms. The molecule has 0 N–H and O–H groups in total. The Kier molecular flexibility index (Phi) is 3.00. The smallest absolute Gasteiger partial charge is 0.207 e. The molecule has 1 spiro atoms. The van der Waals surface area contributed by atoms with Crippen LogP contribution in [0.1, 0.15) is 47.0 Å². The van der Waals surface area contributed by atoms with Gasteiger partial charge in [-0.05, 0) is 38.7 Å². The van der Waals surface area contributed by atoms with Crippen LogP contribution in [0.4, 0.5) is 0 Å². The second kappa shape index (κ2) is 4.28. The first-order valence-electron chi connectivity index (χ1n) is 7.69. The molecule has 2 unspecified atom stereocenters. The van der Waals surface area contributed by atoms with Crippen LogP contribution >= 0.6 is 0 Å². The zero-order valence-electron chi connectivity index (χ0n) is 12.9. The predicted octanol–water partition coefficient (Wildman–Crippen LogP) is 3.40. The van der Waals surface area contributed by atoms with Gasteiger partial charge in [0.15, 0.2) is 5.78 Å². The Bertz CT molecular complexity index is 510. The first kappa shape index (κ1) is 14.0. The summed E-state index contributed by atoms with van der Waals surface area (Å²) < 4.78 is 12.1. The van der Waals surface area contributed by atoms with Gasteiger partial charge < -0.3 is 9.47 Å². The Balaban J connectivity index is 2.28. The molecule has 1 heterocycles. The molecule has 3 aliphatic rings. The van der Waals surface area contributed by atoms with E-state index in [9.17, 15) is 4.79 Å². The molecule has 3 nitrogen and oxygen atoms in total. The van der Waals surface area contributed by atoms with Crippen LogP contribution in [0, 0.1) is 10.8 Å². The van der Waals surface area contributed by atoms with Crippen LogP contribution in [0.5, 0.6) is 0 Å². The zero-order valence-corrected chi connectivity index (χ0v) is 12.9. The fourth-order valence-electron chi connectivity index (χ4n) is 4.18. The van der Waals surface area contributed by atoms with Crippen LogP contribution in [0.2, 0.25) is 0 Å².